The van der Waals surface area contributed by atoms with Gasteiger partial charge in [-0.3, -0.25) is 4.79 Å². The van der Waals surface area contributed by atoms with E-state index in [1.807, 2.05) is 6.07 Å². The molecular weight excluding hydrogens is 302 g/mol. The summed E-state index contributed by atoms with van der Waals surface area (Å²) in [4.78, 5) is 12.0. The second-order valence-corrected chi connectivity index (χ2v) is 7.49. The monoisotopic (exact) mass is 321 g/mol. The van der Waals surface area contributed by atoms with E-state index in [2.05, 4.69) is 5.32 Å². The number of hydrogen-bond donors (Lipinski definition) is 1. The van der Waals surface area contributed by atoms with Gasteiger partial charge in [-0.05, 0) is 43.0 Å². The second kappa shape index (κ2) is 6.90. The van der Waals surface area contributed by atoms with Gasteiger partial charge < -0.3 is 5.32 Å². The molecule has 118 valence electrons. The summed E-state index contributed by atoms with van der Waals surface area (Å²) in [5.41, 5.74) is 1.04. The largest absolute Gasteiger partial charge is 0.352 e. The quantitative estimate of drug-likeness (QED) is 0.894. The van der Waals surface area contributed by atoms with Gasteiger partial charge in [0.15, 0.2) is 0 Å². The molecule has 0 aliphatic carbocycles. The van der Waals surface area contributed by atoms with E-state index in [1.165, 1.54) is 10.6 Å². The minimum Gasteiger partial charge on any atom is -0.352 e. The van der Waals surface area contributed by atoms with Crippen LogP contribution in [0.2, 0.25) is 0 Å². The van der Waals surface area contributed by atoms with E-state index in [4.69, 9.17) is 5.26 Å². The number of carbonyl (C=O) groups excluding carboxylic acids is 1. The van der Waals surface area contributed by atoms with Gasteiger partial charge in [0.05, 0.1) is 17.9 Å². The fourth-order valence-electron chi connectivity index (χ4n) is 2.48. The first kappa shape index (κ1) is 16.5. The molecule has 0 unspecified atom stereocenters. The molecule has 0 saturated carbocycles. The summed E-state index contributed by atoms with van der Waals surface area (Å²) in [6.07, 6.45) is 2.72. The number of piperidine rings is 1. The predicted molar refractivity (Wildman–Crippen MR) is 82.6 cm³/mol. The van der Waals surface area contributed by atoms with Crippen molar-refractivity contribution in [2.24, 2.45) is 5.92 Å². The van der Waals surface area contributed by atoms with E-state index in [0.717, 1.165) is 12.8 Å². The number of carbonyl (C=O) groups is 1. The topological polar surface area (TPSA) is 90.3 Å². The van der Waals surface area contributed by atoms with Crippen LogP contribution in [0.25, 0.3) is 0 Å². The smallest absolute Gasteiger partial charge is 0.251 e. The molecule has 0 aromatic heterocycles. The zero-order valence-electron chi connectivity index (χ0n) is 12.4. The lowest BCUT2D eigenvalue weighted by Gasteiger charge is -2.30. The molecule has 1 heterocycles. The Morgan fingerprint density at radius 2 is 1.91 bits per heavy atom. The Morgan fingerprint density at radius 1 is 1.32 bits per heavy atom. The zero-order valence-corrected chi connectivity index (χ0v) is 13.3. The summed E-state index contributed by atoms with van der Waals surface area (Å²) in [5.74, 6) is 0.121. The molecule has 1 aliphatic rings. The van der Waals surface area contributed by atoms with Crippen molar-refractivity contribution >= 4 is 15.9 Å². The number of amides is 1. The second-order valence-electron chi connectivity index (χ2n) is 5.50. The predicted octanol–water partition coefficient (Wildman–Crippen LogP) is 0.960. The van der Waals surface area contributed by atoms with Gasteiger partial charge in [0, 0.05) is 25.2 Å². The van der Waals surface area contributed by atoms with E-state index in [1.54, 1.807) is 24.3 Å². The van der Waals surface area contributed by atoms with Gasteiger partial charge in [-0.25, -0.2) is 12.7 Å². The average molecular weight is 321 g/mol. The Bertz CT molecular complexity index is 669. The molecule has 22 heavy (non-hydrogen) atoms. The van der Waals surface area contributed by atoms with Crippen LogP contribution >= 0.6 is 0 Å². The lowest BCUT2D eigenvalue weighted by molar-refractivity contribution is 0.0941. The van der Waals surface area contributed by atoms with Gasteiger partial charge in [-0.2, -0.15) is 5.26 Å². The maximum atomic E-state index is 12.0. The fraction of sp³-hybridized carbons (Fsp3) is 0.467. The minimum atomic E-state index is -3.11. The first-order valence-electron chi connectivity index (χ1n) is 7.13. The summed E-state index contributed by atoms with van der Waals surface area (Å²) in [5, 5.41) is 11.6. The highest BCUT2D eigenvalue weighted by Crippen LogP contribution is 2.18. The summed E-state index contributed by atoms with van der Waals surface area (Å²) in [7, 11) is -3.11. The minimum absolute atomic E-state index is 0.171. The van der Waals surface area contributed by atoms with Crippen LogP contribution in [0.15, 0.2) is 24.3 Å². The molecule has 6 nitrogen and oxygen atoms in total. The third-order valence-corrected chi connectivity index (χ3v) is 5.17. The highest BCUT2D eigenvalue weighted by molar-refractivity contribution is 7.88. The number of benzene rings is 1. The van der Waals surface area contributed by atoms with Crippen LogP contribution in [0.5, 0.6) is 0 Å². The molecule has 0 bridgehead atoms. The normalized spacial score (nSPS) is 16.9. The highest BCUT2D eigenvalue weighted by Gasteiger charge is 2.25. The highest BCUT2D eigenvalue weighted by atomic mass is 32.2. The maximum Gasteiger partial charge on any atom is 0.251 e. The summed E-state index contributed by atoms with van der Waals surface area (Å²) < 4.78 is 24.3. The van der Waals surface area contributed by atoms with Crippen LogP contribution < -0.4 is 5.32 Å². The third-order valence-electron chi connectivity index (χ3n) is 3.87. The van der Waals surface area contributed by atoms with Crippen molar-refractivity contribution in [1.29, 1.82) is 5.26 Å². The lowest BCUT2D eigenvalue weighted by atomic mass is 9.98. The van der Waals surface area contributed by atoms with E-state index >= 15 is 0 Å². The number of hydrogen-bond acceptors (Lipinski definition) is 4. The van der Waals surface area contributed by atoms with Crippen LogP contribution in [0.3, 0.4) is 0 Å². The molecule has 1 aliphatic heterocycles. The molecule has 0 spiro atoms. The average Bonchev–Trinajstić information content (AvgIpc) is 2.52. The first-order chi connectivity index (χ1) is 10.4. The Hall–Kier alpha value is -1.91. The van der Waals surface area contributed by atoms with Crippen molar-refractivity contribution in [2.75, 3.05) is 25.9 Å². The Balaban J connectivity index is 1.81. The SMILES string of the molecule is CS(=O)(=O)N1CCC(CNC(=O)c2ccc(C#N)cc2)CC1. The number of nitrogens with one attached hydrogen (secondary N) is 1. The van der Waals surface area contributed by atoms with Crippen molar-refractivity contribution in [1.82, 2.24) is 9.62 Å². The number of nitrogens with zero attached hydrogens (tertiary/aromatic N) is 2. The van der Waals surface area contributed by atoms with E-state index in [0.29, 0.717) is 36.7 Å². The molecule has 1 saturated heterocycles. The Labute approximate surface area is 130 Å². The van der Waals surface area contributed by atoms with Crippen LogP contribution in [0.1, 0.15) is 28.8 Å². The Kier molecular flexibility index (Phi) is 5.16. The van der Waals surface area contributed by atoms with E-state index < -0.39 is 10.0 Å². The summed E-state index contributed by atoms with van der Waals surface area (Å²) in [6.45, 7) is 1.56. The summed E-state index contributed by atoms with van der Waals surface area (Å²) in [6, 6.07) is 8.48. The van der Waals surface area contributed by atoms with Crippen molar-refractivity contribution < 1.29 is 13.2 Å². The van der Waals surface area contributed by atoms with Crippen molar-refractivity contribution in [3.63, 3.8) is 0 Å². The van der Waals surface area contributed by atoms with Gasteiger partial charge >= 0.3 is 0 Å². The van der Waals surface area contributed by atoms with Crippen LogP contribution in [0.4, 0.5) is 0 Å². The van der Waals surface area contributed by atoms with Crippen molar-refractivity contribution in [3.8, 4) is 6.07 Å². The van der Waals surface area contributed by atoms with Gasteiger partial charge in [-0.15, -0.1) is 0 Å². The van der Waals surface area contributed by atoms with E-state index in [9.17, 15) is 13.2 Å². The fourth-order valence-corrected chi connectivity index (χ4v) is 3.35. The number of rotatable bonds is 4. The third kappa shape index (κ3) is 4.29. The standard InChI is InChI=1S/C15H19N3O3S/c1-22(20,21)18-8-6-13(7-9-18)11-17-15(19)14-4-2-12(10-16)3-5-14/h2-5,13H,6-9,11H2,1H3,(H,17,19). The van der Waals surface area contributed by atoms with Crippen LogP contribution in [-0.4, -0.2) is 44.5 Å². The zero-order chi connectivity index (χ0) is 16.2. The molecule has 2 rings (SSSR count). The van der Waals surface area contributed by atoms with Gasteiger partial charge in [0.2, 0.25) is 10.0 Å². The number of sulfonamides is 1. The molecule has 0 radical (unpaired) electrons. The molecule has 1 aromatic carbocycles. The van der Waals surface area contributed by atoms with Gasteiger partial charge in [0.25, 0.3) is 5.91 Å². The van der Waals surface area contributed by atoms with E-state index in [-0.39, 0.29) is 5.91 Å². The van der Waals surface area contributed by atoms with Gasteiger partial charge in [0.1, 0.15) is 0 Å². The van der Waals surface area contributed by atoms with Crippen molar-refractivity contribution in [2.45, 2.75) is 12.8 Å². The molecule has 0 atom stereocenters. The van der Waals surface area contributed by atoms with Gasteiger partial charge in [-0.1, -0.05) is 0 Å². The lowest BCUT2D eigenvalue weighted by Crippen LogP contribution is -2.41. The molecule has 1 amide bonds. The Morgan fingerprint density at radius 3 is 2.41 bits per heavy atom. The summed E-state index contributed by atoms with van der Waals surface area (Å²) >= 11 is 0. The van der Waals surface area contributed by atoms with Crippen LogP contribution in [-0.2, 0) is 10.0 Å². The molecule has 1 fully saturated rings. The number of nitriles is 1. The first-order valence-corrected chi connectivity index (χ1v) is 8.98. The molecule has 7 heteroatoms. The molecule has 1 aromatic rings. The molecular formula is C15H19N3O3S. The maximum absolute atomic E-state index is 12.0. The van der Waals surface area contributed by atoms with Crippen LogP contribution in [0, 0.1) is 17.2 Å². The molecule has 1 N–H and O–H groups in total. The van der Waals surface area contributed by atoms with Crippen molar-refractivity contribution in [3.05, 3.63) is 35.4 Å².